The molecular weight excluding hydrogens is 339 g/mol. The lowest BCUT2D eigenvalue weighted by atomic mass is 10.2. The van der Waals surface area contributed by atoms with E-state index in [1.165, 1.54) is 17.0 Å². The molecule has 2 aromatic rings. The van der Waals surface area contributed by atoms with Crippen LogP contribution in [-0.4, -0.2) is 26.7 Å². The summed E-state index contributed by atoms with van der Waals surface area (Å²) in [4.78, 5) is 26.1. The molecule has 1 saturated heterocycles. The van der Waals surface area contributed by atoms with E-state index in [1.54, 1.807) is 12.1 Å². The van der Waals surface area contributed by atoms with Crippen molar-refractivity contribution < 1.29 is 14.0 Å². The maximum atomic E-state index is 13.5. The summed E-state index contributed by atoms with van der Waals surface area (Å²) in [5, 5.41) is -0.245. The van der Waals surface area contributed by atoms with E-state index in [-0.39, 0.29) is 23.0 Å². The highest BCUT2D eigenvalue weighted by molar-refractivity contribution is 8.18. The van der Waals surface area contributed by atoms with Gasteiger partial charge in [-0.1, -0.05) is 6.07 Å². The van der Waals surface area contributed by atoms with Gasteiger partial charge in [0.1, 0.15) is 5.82 Å². The van der Waals surface area contributed by atoms with Crippen LogP contribution in [0, 0.1) is 19.7 Å². The van der Waals surface area contributed by atoms with E-state index in [0.717, 1.165) is 34.4 Å². The van der Waals surface area contributed by atoms with Crippen LogP contribution in [0.5, 0.6) is 0 Å². The third-order valence-corrected chi connectivity index (χ3v) is 5.05. The van der Waals surface area contributed by atoms with Gasteiger partial charge in [0.05, 0.1) is 4.91 Å². The highest BCUT2D eigenvalue weighted by Gasteiger charge is 2.36. The summed E-state index contributed by atoms with van der Waals surface area (Å²) < 4.78 is 15.5. The van der Waals surface area contributed by atoms with Gasteiger partial charge in [-0.2, -0.15) is 0 Å². The van der Waals surface area contributed by atoms with Crippen LogP contribution in [0.25, 0.3) is 11.8 Å². The highest BCUT2D eigenvalue weighted by Crippen LogP contribution is 2.34. The van der Waals surface area contributed by atoms with E-state index in [0.29, 0.717) is 4.91 Å². The number of thioether (sulfide) groups is 1. The molecule has 1 aliphatic heterocycles. The Morgan fingerprint density at radius 1 is 1.16 bits per heavy atom. The number of aryl methyl sites for hydroxylation is 1. The molecule has 1 aromatic carbocycles. The van der Waals surface area contributed by atoms with Gasteiger partial charge in [-0.05, 0) is 75.4 Å². The van der Waals surface area contributed by atoms with Crippen molar-refractivity contribution in [2.45, 2.75) is 33.7 Å². The fourth-order valence-electron chi connectivity index (χ4n) is 3.01. The standard InChI is InChI=1S/C19H19FN2O2S/c1-11(2)21-18(23)17(25-19(21)24)9-14-8-12(3)22(13(14)4)16-7-5-6-15(20)10-16/h5-11H,1-4H3/b17-9+. The predicted molar refractivity (Wildman–Crippen MR) is 98.1 cm³/mol. The summed E-state index contributed by atoms with van der Waals surface area (Å²) >= 11 is 0.956. The Labute approximate surface area is 150 Å². The second-order valence-corrected chi connectivity index (χ2v) is 7.28. The minimum Gasteiger partial charge on any atom is -0.318 e. The van der Waals surface area contributed by atoms with Crippen LogP contribution < -0.4 is 0 Å². The Morgan fingerprint density at radius 3 is 2.48 bits per heavy atom. The Balaban J connectivity index is 2.02. The number of amides is 2. The molecule has 0 aliphatic carbocycles. The maximum absolute atomic E-state index is 13.5. The second-order valence-electron chi connectivity index (χ2n) is 6.29. The third-order valence-electron chi connectivity index (χ3n) is 4.16. The van der Waals surface area contributed by atoms with Crippen molar-refractivity contribution >= 4 is 29.0 Å². The number of benzene rings is 1. The number of aromatic nitrogens is 1. The maximum Gasteiger partial charge on any atom is 0.293 e. The minimum atomic E-state index is -0.301. The lowest BCUT2D eigenvalue weighted by Crippen LogP contribution is -2.34. The van der Waals surface area contributed by atoms with E-state index in [9.17, 15) is 14.0 Å². The summed E-state index contributed by atoms with van der Waals surface area (Å²) in [6.45, 7) is 7.47. The molecule has 6 heteroatoms. The smallest absolute Gasteiger partial charge is 0.293 e. The van der Waals surface area contributed by atoms with Crippen molar-refractivity contribution in [1.29, 1.82) is 0 Å². The molecule has 0 unspecified atom stereocenters. The number of carbonyl (C=O) groups is 2. The van der Waals surface area contributed by atoms with Crippen molar-refractivity contribution in [2.24, 2.45) is 0 Å². The molecule has 0 saturated carbocycles. The number of hydrogen-bond acceptors (Lipinski definition) is 3. The van der Waals surface area contributed by atoms with Gasteiger partial charge < -0.3 is 4.57 Å². The summed E-state index contributed by atoms with van der Waals surface area (Å²) in [5.41, 5.74) is 3.39. The molecule has 25 heavy (non-hydrogen) atoms. The quantitative estimate of drug-likeness (QED) is 0.748. The molecular formula is C19H19FN2O2S. The molecule has 0 bridgehead atoms. The molecule has 0 radical (unpaired) electrons. The van der Waals surface area contributed by atoms with Gasteiger partial charge in [-0.3, -0.25) is 14.5 Å². The fraction of sp³-hybridized carbons (Fsp3) is 0.263. The molecule has 2 heterocycles. The van der Waals surface area contributed by atoms with Gasteiger partial charge in [0.15, 0.2) is 0 Å². The zero-order valence-corrected chi connectivity index (χ0v) is 15.4. The van der Waals surface area contributed by atoms with Crippen LogP contribution in [0.4, 0.5) is 9.18 Å². The number of nitrogens with zero attached hydrogens (tertiary/aromatic N) is 2. The Morgan fingerprint density at radius 2 is 1.88 bits per heavy atom. The van der Waals surface area contributed by atoms with E-state index in [4.69, 9.17) is 0 Å². The van der Waals surface area contributed by atoms with Crippen molar-refractivity contribution in [3.63, 3.8) is 0 Å². The number of rotatable bonds is 3. The van der Waals surface area contributed by atoms with Gasteiger partial charge >= 0.3 is 0 Å². The normalized spacial score (nSPS) is 16.6. The van der Waals surface area contributed by atoms with Crippen molar-refractivity contribution in [3.8, 4) is 5.69 Å². The van der Waals surface area contributed by atoms with Gasteiger partial charge in [0.25, 0.3) is 11.1 Å². The van der Waals surface area contributed by atoms with Crippen LogP contribution in [-0.2, 0) is 4.79 Å². The topological polar surface area (TPSA) is 42.3 Å². The van der Waals surface area contributed by atoms with Gasteiger partial charge in [-0.15, -0.1) is 0 Å². The first-order chi connectivity index (χ1) is 11.8. The van der Waals surface area contributed by atoms with Crippen molar-refractivity contribution in [3.05, 3.63) is 58.0 Å². The summed E-state index contributed by atoms with van der Waals surface area (Å²) in [6.07, 6.45) is 1.74. The SMILES string of the molecule is Cc1cc(/C=C2/SC(=O)N(C(C)C)C2=O)c(C)n1-c1cccc(F)c1. The first-order valence-electron chi connectivity index (χ1n) is 8.01. The second kappa shape index (κ2) is 6.52. The molecule has 4 nitrogen and oxygen atoms in total. The molecule has 0 atom stereocenters. The Bertz CT molecular complexity index is 899. The predicted octanol–water partition coefficient (Wildman–Crippen LogP) is 4.68. The molecule has 1 aliphatic rings. The van der Waals surface area contributed by atoms with Gasteiger partial charge in [-0.25, -0.2) is 4.39 Å². The van der Waals surface area contributed by atoms with Crippen LogP contribution in [0.15, 0.2) is 35.2 Å². The van der Waals surface area contributed by atoms with Crippen LogP contribution >= 0.6 is 11.8 Å². The zero-order chi connectivity index (χ0) is 18.3. The Kier molecular flexibility index (Phi) is 4.56. The first-order valence-corrected chi connectivity index (χ1v) is 8.83. The lowest BCUT2D eigenvalue weighted by molar-refractivity contribution is -0.123. The number of hydrogen-bond donors (Lipinski definition) is 0. The highest BCUT2D eigenvalue weighted by atomic mass is 32.2. The number of carbonyl (C=O) groups excluding carboxylic acids is 2. The van der Waals surface area contributed by atoms with E-state index >= 15 is 0 Å². The molecule has 1 aromatic heterocycles. The van der Waals surface area contributed by atoms with Crippen molar-refractivity contribution in [2.75, 3.05) is 0 Å². The van der Waals surface area contributed by atoms with Crippen LogP contribution in [0.2, 0.25) is 0 Å². The molecule has 0 N–H and O–H groups in total. The van der Waals surface area contributed by atoms with E-state index in [1.807, 2.05) is 44.4 Å². The van der Waals surface area contributed by atoms with Gasteiger partial charge in [0, 0.05) is 23.1 Å². The number of imide groups is 1. The molecule has 1 fully saturated rings. The van der Waals surface area contributed by atoms with Gasteiger partial charge in [0.2, 0.25) is 0 Å². The molecule has 3 rings (SSSR count). The summed E-state index contributed by atoms with van der Waals surface area (Å²) in [6, 6.07) is 8.13. The van der Waals surface area contributed by atoms with Crippen LogP contribution in [0.1, 0.15) is 30.8 Å². The minimum absolute atomic E-state index is 0.168. The van der Waals surface area contributed by atoms with Crippen LogP contribution in [0.3, 0.4) is 0 Å². The molecule has 2 amide bonds. The van der Waals surface area contributed by atoms with Crippen molar-refractivity contribution in [1.82, 2.24) is 9.47 Å². The number of halogens is 1. The third kappa shape index (κ3) is 3.14. The van der Waals surface area contributed by atoms with E-state index in [2.05, 4.69) is 0 Å². The average molecular weight is 358 g/mol. The average Bonchev–Trinajstić information content (AvgIpc) is 2.95. The zero-order valence-electron chi connectivity index (χ0n) is 14.5. The molecule has 0 spiro atoms. The fourth-order valence-corrected chi connectivity index (χ4v) is 3.96. The summed E-state index contributed by atoms with van der Waals surface area (Å²) in [7, 11) is 0. The Hall–Kier alpha value is -2.34. The monoisotopic (exact) mass is 358 g/mol. The summed E-state index contributed by atoms with van der Waals surface area (Å²) in [5.74, 6) is -0.565. The largest absolute Gasteiger partial charge is 0.318 e. The first kappa shape index (κ1) is 17.5. The molecule has 130 valence electrons. The van der Waals surface area contributed by atoms with E-state index < -0.39 is 0 Å². The lowest BCUT2D eigenvalue weighted by Gasteiger charge is -2.16.